The highest BCUT2D eigenvalue weighted by Gasteiger charge is 2.04. The topological polar surface area (TPSA) is 76.7 Å². The van der Waals surface area contributed by atoms with Crippen molar-refractivity contribution < 1.29 is 4.63 Å². The zero-order chi connectivity index (χ0) is 13.9. The van der Waals surface area contributed by atoms with Crippen molar-refractivity contribution in [1.29, 1.82) is 0 Å². The van der Waals surface area contributed by atoms with Gasteiger partial charge in [0, 0.05) is 18.3 Å². The SMILES string of the molecule is CC(C)c1cc(NCc2ccc3nonc3c2)ncn1. The van der Waals surface area contributed by atoms with Crippen molar-refractivity contribution >= 4 is 16.9 Å². The lowest BCUT2D eigenvalue weighted by molar-refractivity contribution is 0.315. The Hall–Kier alpha value is -2.50. The first-order chi connectivity index (χ1) is 9.72. The Labute approximate surface area is 116 Å². The minimum Gasteiger partial charge on any atom is -0.366 e. The van der Waals surface area contributed by atoms with Crippen molar-refractivity contribution in [1.82, 2.24) is 20.3 Å². The summed E-state index contributed by atoms with van der Waals surface area (Å²) in [5.41, 5.74) is 3.64. The fourth-order valence-electron chi connectivity index (χ4n) is 1.92. The van der Waals surface area contributed by atoms with E-state index >= 15 is 0 Å². The molecule has 0 saturated heterocycles. The summed E-state index contributed by atoms with van der Waals surface area (Å²) in [6, 6.07) is 7.80. The molecule has 102 valence electrons. The summed E-state index contributed by atoms with van der Waals surface area (Å²) in [6.07, 6.45) is 1.59. The fourth-order valence-corrected chi connectivity index (χ4v) is 1.92. The molecule has 3 aromatic rings. The van der Waals surface area contributed by atoms with Crippen LogP contribution < -0.4 is 5.32 Å². The molecule has 3 rings (SSSR count). The molecule has 0 atom stereocenters. The van der Waals surface area contributed by atoms with Crippen LogP contribution in [-0.4, -0.2) is 20.3 Å². The normalized spacial score (nSPS) is 11.2. The highest BCUT2D eigenvalue weighted by atomic mass is 16.6. The third-order valence-electron chi connectivity index (χ3n) is 3.07. The van der Waals surface area contributed by atoms with Gasteiger partial charge in [0.1, 0.15) is 23.2 Å². The van der Waals surface area contributed by atoms with Crippen molar-refractivity contribution in [2.75, 3.05) is 5.32 Å². The van der Waals surface area contributed by atoms with Crippen molar-refractivity contribution in [2.45, 2.75) is 26.3 Å². The second-order valence-electron chi connectivity index (χ2n) is 4.92. The Morgan fingerprint density at radius 2 is 1.95 bits per heavy atom. The first-order valence-corrected chi connectivity index (χ1v) is 6.49. The summed E-state index contributed by atoms with van der Waals surface area (Å²) in [5, 5.41) is 10.9. The van der Waals surface area contributed by atoms with E-state index in [0.29, 0.717) is 12.5 Å². The van der Waals surface area contributed by atoms with Gasteiger partial charge in [-0.1, -0.05) is 19.9 Å². The van der Waals surface area contributed by atoms with Crippen LogP contribution in [0.3, 0.4) is 0 Å². The second kappa shape index (κ2) is 5.24. The average molecular weight is 269 g/mol. The van der Waals surface area contributed by atoms with Gasteiger partial charge in [0.25, 0.3) is 0 Å². The number of anilines is 1. The number of rotatable bonds is 4. The Balaban J connectivity index is 1.73. The van der Waals surface area contributed by atoms with Gasteiger partial charge in [-0.15, -0.1) is 0 Å². The van der Waals surface area contributed by atoms with Crippen molar-refractivity contribution in [3.05, 3.63) is 41.9 Å². The third kappa shape index (κ3) is 2.59. The molecule has 0 aliphatic carbocycles. The molecule has 2 aromatic heterocycles. The van der Waals surface area contributed by atoms with Gasteiger partial charge in [-0.05, 0) is 33.9 Å². The molecule has 6 nitrogen and oxygen atoms in total. The number of hydrogen-bond donors (Lipinski definition) is 1. The average Bonchev–Trinajstić information content (AvgIpc) is 2.93. The van der Waals surface area contributed by atoms with Crippen LogP contribution in [-0.2, 0) is 6.54 Å². The van der Waals surface area contributed by atoms with Crippen LogP contribution in [0.4, 0.5) is 5.82 Å². The Morgan fingerprint density at radius 3 is 2.80 bits per heavy atom. The maximum atomic E-state index is 4.68. The van der Waals surface area contributed by atoms with E-state index in [-0.39, 0.29) is 0 Å². The first kappa shape index (κ1) is 12.5. The summed E-state index contributed by atoms with van der Waals surface area (Å²) >= 11 is 0. The summed E-state index contributed by atoms with van der Waals surface area (Å²) < 4.78 is 4.68. The van der Waals surface area contributed by atoms with E-state index in [4.69, 9.17) is 0 Å². The summed E-state index contributed by atoms with van der Waals surface area (Å²) in [4.78, 5) is 8.47. The van der Waals surface area contributed by atoms with Crippen LogP contribution in [0.25, 0.3) is 11.0 Å². The fraction of sp³-hybridized carbons (Fsp3) is 0.286. The van der Waals surface area contributed by atoms with Crippen LogP contribution in [0, 0.1) is 0 Å². The Bertz CT molecular complexity index is 722. The minimum atomic E-state index is 0.385. The van der Waals surface area contributed by atoms with Crippen LogP contribution in [0.2, 0.25) is 0 Å². The molecule has 0 unspecified atom stereocenters. The number of nitrogens with one attached hydrogen (secondary N) is 1. The van der Waals surface area contributed by atoms with Gasteiger partial charge >= 0.3 is 0 Å². The zero-order valence-corrected chi connectivity index (χ0v) is 11.4. The molecule has 0 amide bonds. The summed E-state index contributed by atoms with van der Waals surface area (Å²) in [5.74, 6) is 1.21. The van der Waals surface area contributed by atoms with Crippen molar-refractivity contribution in [2.24, 2.45) is 0 Å². The summed E-state index contributed by atoms with van der Waals surface area (Å²) in [6.45, 7) is 4.88. The number of hydrogen-bond acceptors (Lipinski definition) is 6. The number of benzene rings is 1. The molecular formula is C14H15N5O. The molecule has 0 aliphatic heterocycles. The van der Waals surface area contributed by atoms with Crippen LogP contribution in [0.15, 0.2) is 35.2 Å². The highest BCUT2D eigenvalue weighted by Crippen LogP contribution is 2.16. The van der Waals surface area contributed by atoms with Crippen molar-refractivity contribution in [3.8, 4) is 0 Å². The van der Waals surface area contributed by atoms with E-state index in [1.807, 2.05) is 24.3 Å². The Morgan fingerprint density at radius 1 is 1.10 bits per heavy atom. The van der Waals surface area contributed by atoms with Gasteiger partial charge < -0.3 is 5.32 Å². The van der Waals surface area contributed by atoms with E-state index in [1.54, 1.807) is 6.33 Å². The molecule has 1 N–H and O–H groups in total. The molecule has 0 spiro atoms. The lowest BCUT2D eigenvalue weighted by atomic mass is 10.1. The molecular weight excluding hydrogens is 254 g/mol. The minimum absolute atomic E-state index is 0.385. The van der Waals surface area contributed by atoms with E-state index in [1.165, 1.54) is 0 Å². The van der Waals surface area contributed by atoms with Gasteiger partial charge in [-0.2, -0.15) is 0 Å². The molecule has 0 radical (unpaired) electrons. The van der Waals surface area contributed by atoms with E-state index in [0.717, 1.165) is 28.1 Å². The quantitative estimate of drug-likeness (QED) is 0.784. The molecule has 6 heteroatoms. The highest BCUT2D eigenvalue weighted by molar-refractivity contribution is 5.73. The smallest absolute Gasteiger partial charge is 0.135 e. The maximum Gasteiger partial charge on any atom is 0.135 e. The van der Waals surface area contributed by atoms with Gasteiger partial charge in [0.05, 0.1) is 0 Å². The Kier molecular flexibility index (Phi) is 3.28. The standard InChI is InChI=1S/C14H15N5O/c1-9(2)12-6-14(17-8-16-12)15-7-10-3-4-11-13(5-10)19-20-18-11/h3-6,8-9H,7H2,1-2H3,(H,15,16,17). The van der Waals surface area contributed by atoms with Crippen LogP contribution in [0.5, 0.6) is 0 Å². The van der Waals surface area contributed by atoms with E-state index < -0.39 is 0 Å². The lowest BCUT2D eigenvalue weighted by Crippen LogP contribution is -2.03. The second-order valence-corrected chi connectivity index (χ2v) is 4.92. The van der Waals surface area contributed by atoms with Gasteiger partial charge in [0.15, 0.2) is 0 Å². The van der Waals surface area contributed by atoms with Crippen LogP contribution in [0.1, 0.15) is 31.0 Å². The molecule has 20 heavy (non-hydrogen) atoms. The summed E-state index contributed by atoms with van der Waals surface area (Å²) in [7, 11) is 0. The molecule has 2 heterocycles. The van der Waals surface area contributed by atoms with Gasteiger partial charge in [0.2, 0.25) is 0 Å². The van der Waals surface area contributed by atoms with Crippen LogP contribution >= 0.6 is 0 Å². The molecule has 1 aromatic carbocycles. The number of nitrogens with zero attached hydrogens (tertiary/aromatic N) is 4. The van der Waals surface area contributed by atoms with Gasteiger partial charge in [-0.25, -0.2) is 14.6 Å². The first-order valence-electron chi connectivity index (χ1n) is 6.49. The molecule has 0 bridgehead atoms. The number of fused-ring (bicyclic) bond motifs is 1. The largest absolute Gasteiger partial charge is 0.366 e. The predicted molar refractivity (Wildman–Crippen MR) is 75.3 cm³/mol. The molecule has 0 saturated carbocycles. The number of aromatic nitrogens is 4. The molecule has 0 aliphatic rings. The van der Waals surface area contributed by atoms with E-state index in [9.17, 15) is 0 Å². The van der Waals surface area contributed by atoms with E-state index in [2.05, 4.69) is 44.1 Å². The molecule has 0 fully saturated rings. The maximum absolute atomic E-state index is 4.68. The third-order valence-corrected chi connectivity index (χ3v) is 3.07. The monoisotopic (exact) mass is 269 g/mol. The predicted octanol–water partition coefficient (Wildman–Crippen LogP) is 2.75. The van der Waals surface area contributed by atoms with Gasteiger partial charge in [-0.3, -0.25) is 0 Å². The van der Waals surface area contributed by atoms with Crippen molar-refractivity contribution in [3.63, 3.8) is 0 Å². The zero-order valence-electron chi connectivity index (χ0n) is 11.4. The lowest BCUT2D eigenvalue weighted by Gasteiger charge is -2.08.